The molecule has 0 heterocycles. The van der Waals surface area contributed by atoms with E-state index in [1.807, 2.05) is 6.92 Å². The Hall–Kier alpha value is -2.08. The Balaban J connectivity index is 3.07. The first kappa shape index (κ1) is 22.0. The van der Waals surface area contributed by atoms with E-state index in [4.69, 9.17) is 14.2 Å². The second-order valence-corrected chi connectivity index (χ2v) is 7.29. The molecule has 0 amide bonds. The van der Waals surface area contributed by atoms with E-state index in [9.17, 15) is 14.7 Å². The molecule has 0 aliphatic rings. The maximum absolute atomic E-state index is 12.3. The summed E-state index contributed by atoms with van der Waals surface area (Å²) in [5.74, 6) is -1.09. The third kappa shape index (κ3) is 7.04. The Morgan fingerprint density at radius 2 is 1.73 bits per heavy atom. The minimum Gasteiger partial charge on any atom is -0.497 e. The van der Waals surface area contributed by atoms with Crippen LogP contribution >= 0.6 is 0 Å². The predicted molar refractivity (Wildman–Crippen MR) is 98.4 cm³/mol. The summed E-state index contributed by atoms with van der Waals surface area (Å²) in [7, 11) is 1.56. The van der Waals surface area contributed by atoms with E-state index < -0.39 is 23.1 Å². The van der Waals surface area contributed by atoms with Gasteiger partial charge in [-0.1, -0.05) is 25.5 Å². The smallest absolute Gasteiger partial charge is 0.336 e. The van der Waals surface area contributed by atoms with E-state index in [2.05, 4.69) is 0 Å². The lowest BCUT2D eigenvalue weighted by Gasteiger charge is -2.30. The molecule has 1 unspecified atom stereocenters. The fraction of sp³-hybridized carbons (Fsp3) is 0.600. The second kappa shape index (κ2) is 9.57. The monoisotopic (exact) mass is 366 g/mol. The van der Waals surface area contributed by atoms with Gasteiger partial charge in [-0.15, -0.1) is 0 Å². The highest BCUT2D eigenvalue weighted by Gasteiger charge is 2.43. The van der Waals surface area contributed by atoms with Crippen molar-refractivity contribution < 1.29 is 28.9 Å². The van der Waals surface area contributed by atoms with E-state index in [1.54, 1.807) is 52.1 Å². The molecule has 0 spiro atoms. The fourth-order valence-electron chi connectivity index (χ4n) is 2.47. The number of ether oxygens (including phenoxy) is 3. The van der Waals surface area contributed by atoms with Crippen molar-refractivity contribution in [1.82, 2.24) is 0 Å². The summed E-state index contributed by atoms with van der Waals surface area (Å²) in [5, 5.41) is 9.87. The van der Waals surface area contributed by atoms with E-state index in [0.29, 0.717) is 12.2 Å². The van der Waals surface area contributed by atoms with Gasteiger partial charge >= 0.3 is 11.9 Å². The zero-order chi connectivity index (χ0) is 19.8. The summed E-state index contributed by atoms with van der Waals surface area (Å²) >= 11 is 0. The molecule has 1 atom stereocenters. The van der Waals surface area contributed by atoms with Gasteiger partial charge in [-0.05, 0) is 44.9 Å². The second-order valence-electron chi connectivity index (χ2n) is 7.29. The molecule has 1 rings (SSSR count). The van der Waals surface area contributed by atoms with Gasteiger partial charge in [0.1, 0.15) is 11.4 Å². The molecule has 0 aliphatic heterocycles. The standard InChI is InChI=1S/C20H30O6/c1-6-7-12-25-20(18(22)23,14-17(21)26-19(2,3)4)13-15-8-10-16(24-5)11-9-15/h8-11H,6-7,12-14H2,1-5H3,(H,22,23). The molecule has 26 heavy (non-hydrogen) atoms. The molecule has 0 saturated carbocycles. The van der Waals surface area contributed by atoms with Crippen LogP contribution in [-0.2, 0) is 25.5 Å². The van der Waals surface area contributed by atoms with Crippen LogP contribution in [0.15, 0.2) is 24.3 Å². The quantitative estimate of drug-likeness (QED) is 0.503. The number of carboxylic acid groups (broad SMARTS) is 1. The van der Waals surface area contributed by atoms with E-state index >= 15 is 0 Å². The average molecular weight is 366 g/mol. The predicted octanol–water partition coefficient (Wildman–Crippen LogP) is 3.61. The lowest BCUT2D eigenvalue weighted by molar-refractivity contribution is -0.179. The van der Waals surface area contributed by atoms with Crippen LogP contribution in [0, 0.1) is 0 Å². The molecule has 0 fully saturated rings. The van der Waals surface area contributed by atoms with Crippen molar-refractivity contribution in [2.24, 2.45) is 0 Å². The van der Waals surface area contributed by atoms with Crippen LogP contribution in [0.25, 0.3) is 0 Å². The van der Waals surface area contributed by atoms with Crippen LogP contribution in [-0.4, -0.2) is 42.0 Å². The molecule has 0 saturated heterocycles. The van der Waals surface area contributed by atoms with Gasteiger partial charge in [0, 0.05) is 13.0 Å². The molecule has 0 radical (unpaired) electrons. The third-order valence-corrected chi connectivity index (χ3v) is 3.76. The molecule has 6 nitrogen and oxygen atoms in total. The number of unbranched alkanes of at least 4 members (excludes halogenated alkanes) is 1. The summed E-state index contributed by atoms with van der Waals surface area (Å²) in [6.45, 7) is 7.49. The van der Waals surface area contributed by atoms with Crippen molar-refractivity contribution in [3.8, 4) is 5.75 Å². The van der Waals surface area contributed by atoms with Crippen molar-refractivity contribution in [1.29, 1.82) is 0 Å². The molecule has 0 aliphatic carbocycles. The third-order valence-electron chi connectivity index (χ3n) is 3.76. The van der Waals surface area contributed by atoms with E-state index in [1.165, 1.54) is 0 Å². The molecule has 6 heteroatoms. The first-order chi connectivity index (χ1) is 12.1. The van der Waals surface area contributed by atoms with E-state index in [-0.39, 0.29) is 19.4 Å². The minimum atomic E-state index is -1.66. The number of rotatable bonds is 10. The number of hydrogen-bond acceptors (Lipinski definition) is 5. The summed E-state index contributed by atoms with van der Waals surface area (Å²) in [6.07, 6.45) is 1.29. The topological polar surface area (TPSA) is 82.1 Å². The van der Waals surface area contributed by atoms with Gasteiger partial charge in [-0.3, -0.25) is 4.79 Å². The van der Waals surface area contributed by atoms with Crippen LogP contribution in [0.5, 0.6) is 5.75 Å². The number of carboxylic acids is 1. The fourth-order valence-corrected chi connectivity index (χ4v) is 2.47. The number of benzene rings is 1. The zero-order valence-corrected chi connectivity index (χ0v) is 16.3. The van der Waals surface area contributed by atoms with Gasteiger partial charge in [-0.25, -0.2) is 4.79 Å². The molecule has 146 valence electrons. The number of methoxy groups -OCH3 is 1. The summed E-state index contributed by atoms with van der Waals surface area (Å²) in [5.41, 5.74) is -1.61. The van der Waals surface area contributed by atoms with Gasteiger partial charge in [-0.2, -0.15) is 0 Å². The van der Waals surface area contributed by atoms with Crippen LogP contribution in [0.2, 0.25) is 0 Å². The van der Waals surface area contributed by atoms with Gasteiger partial charge in [0.15, 0.2) is 5.60 Å². The maximum Gasteiger partial charge on any atom is 0.336 e. The molecule has 1 aromatic carbocycles. The SMILES string of the molecule is CCCCOC(CC(=O)OC(C)(C)C)(Cc1ccc(OC)cc1)C(=O)O. The molecular formula is C20H30O6. The van der Waals surface area contributed by atoms with Crippen molar-refractivity contribution in [3.05, 3.63) is 29.8 Å². The van der Waals surface area contributed by atoms with Crippen LogP contribution in [0.4, 0.5) is 0 Å². The Kier molecular flexibility index (Phi) is 8.08. The van der Waals surface area contributed by atoms with Gasteiger partial charge < -0.3 is 19.3 Å². The normalized spacial score (nSPS) is 13.7. The number of carbonyl (C=O) groups is 2. The Morgan fingerprint density at radius 1 is 1.12 bits per heavy atom. The number of carbonyl (C=O) groups excluding carboxylic acids is 1. The molecular weight excluding hydrogens is 336 g/mol. The number of hydrogen-bond donors (Lipinski definition) is 1. The Morgan fingerprint density at radius 3 is 2.19 bits per heavy atom. The van der Waals surface area contributed by atoms with Crippen molar-refractivity contribution >= 4 is 11.9 Å². The van der Waals surface area contributed by atoms with Gasteiger partial charge in [0.2, 0.25) is 0 Å². The highest BCUT2D eigenvalue weighted by Crippen LogP contribution is 2.26. The zero-order valence-electron chi connectivity index (χ0n) is 16.3. The van der Waals surface area contributed by atoms with Gasteiger partial charge in [0.05, 0.1) is 13.5 Å². The molecule has 1 N–H and O–H groups in total. The molecule has 0 bridgehead atoms. The summed E-state index contributed by atoms with van der Waals surface area (Å²) < 4.78 is 16.2. The first-order valence-electron chi connectivity index (χ1n) is 8.84. The molecule has 0 aromatic heterocycles. The first-order valence-corrected chi connectivity index (χ1v) is 8.84. The summed E-state index contributed by atoms with van der Waals surface area (Å²) in [4.78, 5) is 24.4. The Bertz CT molecular complexity index is 587. The Labute approximate surface area is 155 Å². The number of esters is 1. The number of aliphatic carboxylic acids is 1. The highest BCUT2D eigenvalue weighted by atomic mass is 16.6. The van der Waals surface area contributed by atoms with Crippen molar-refractivity contribution in [3.63, 3.8) is 0 Å². The van der Waals surface area contributed by atoms with Crippen molar-refractivity contribution in [2.75, 3.05) is 13.7 Å². The molecule has 1 aromatic rings. The van der Waals surface area contributed by atoms with E-state index in [0.717, 1.165) is 12.0 Å². The van der Waals surface area contributed by atoms with Crippen LogP contribution < -0.4 is 4.74 Å². The maximum atomic E-state index is 12.3. The minimum absolute atomic E-state index is 0.0648. The lowest BCUT2D eigenvalue weighted by Crippen LogP contribution is -2.47. The average Bonchev–Trinajstić information content (AvgIpc) is 2.53. The summed E-state index contributed by atoms with van der Waals surface area (Å²) in [6, 6.07) is 7.05. The lowest BCUT2D eigenvalue weighted by atomic mass is 9.90. The van der Waals surface area contributed by atoms with Crippen molar-refractivity contribution in [2.45, 2.75) is 64.6 Å². The van der Waals surface area contributed by atoms with Gasteiger partial charge in [0.25, 0.3) is 0 Å². The highest BCUT2D eigenvalue weighted by molar-refractivity contribution is 5.85. The van der Waals surface area contributed by atoms with Crippen LogP contribution in [0.3, 0.4) is 0 Å². The largest absolute Gasteiger partial charge is 0.497 e. The van der Waals surface area contributed by atoms with Crippen LogP contribution in [0.1, 0.15) is 52.5 Å².